The molecule has 3 rings (SSSR count). The van der Waals surface area contributed by atoms with E-state index < -0.39 is 0 Å². The number of hydrogen-bond acceptors (Lipinski definition) is 2. The Hall–Kier alpha value is -1.84. The van der Waals surface area contributed by atoms with E-state index in [1.165, 1.54) is 6.07 Å². The van der Waals surface area contributed by atoms with E-state index in [-0.39, 0.29) is 11.9 Å². The van der Waals surface area contributed by atoms with Gasteiger partial charge in [-0.15, -0.1) is 0 Å². The Bertz CT molecular complexity index is 753. The summed E-state index contributed by atoms with van der Waals surface area (Å²) < 4.78 is 19.7. The van der Waals surface area contributed by atoms with Crippen molar-refractivity contribution >= 4 is 22.6 Å². The average Bonchev–Trinajstić information content (AvgIpc) is 2.87. The van der Waals surface area contributed by atoms with Gasteiger partial charge in [0.05, 0.1) is 11.1 Å². The minimum absolute atomic E-state index is 0.265. The second-order valence-electron chi connectivity index (χ2n) is 4.55. The molecule has 1 atom stereocenters. The van der Waals surface area contributed by atoms with Crippen LogP contribution in [-0.2, 0) is 0 Å². The van der Waals surface area contributed by atoms with Gasteiger partial charge in [0.15, 0.2) is 5.58 Å². The number of nitrogens with one attached hydrogen (secondary N) is 1. The van der Waals surface area contributed by atoms with Crippen molar-refractivity contribution in [1.29, 1.82) is 0 Å². The largest absolute Gasteiger partial charge is 0.457 e. The first-order valence-electron chi connectivity index (χ1n) is 6.30. The Balaban J connectivity index is 2.12. The van der Waals surface area contributed by atoms with Crippen molar-refractivity contribution in [3.63, 3.8) is 0 Å². The lowest BCUT2D eigenvalue weighted by molar-refractivity contribution is 0.476. The van der Waals surface area contributed by atoms with Gasteiger partial charge >= 0.3 is 0 Å². The molecule has 1 unspecified atom stereocenters. The molecular formula is C16H13ClFNO. The lowest BCUT2D eigenvalue weighted by Crippen LogP contribution is -2.18. The summed E-state index contributed by atoms with van der Waals surface area (Å²) in [6, 6.07) is 13.7. The maximum Gasteiger partial charge on any atom is 0.152 e. The van der Waals surface area contributed by atoms with E-state index in [2.05, 4.69) is 5.32 Å². The fraction of sp³-hybridized carbons (Fsp3) is 0.125. The van der Waals surface area contributed by atoms with Crippen LogP contribution in [0.15, 0.2) is 52.9 Å². The summed E-state index contributed by atoms with van der Waals surface area (Å²) in [5.41, 5.74) is 1.17. The van der Waals surface area contributed by atoms with Gasteiger partial charge in [-0.2, -0.15) is 0 Å². The third-order valence-electron chi connectivity index (χ3n) is 3.30. The van der Waals surface area contributed by atoms with Crippen LogP contribution in [0.3, 0.4) is 0 Å². The summed E-state index contributed by atoms with van der Waals surface area (Å²) in [6.45, 7) is 0. The molecule has 102 valence electrons. The molecule has 2 nitrogen and oxygen atoms in total. The van der Waals surface area contributed by atoms with Crippen LogP contribution in [0.4, 0.5) is 4.39 Å². The van der Waals surface area contributed by atoms with Gasteiger partial charge in [-0.3, -0.25) is 0 Å². The van der Waals surface area contributed by atoms with Crippen molar-refractivity contribution in [3.8, 4) is 0 Å². The lowest BCUT2D eigenvalue weighted by atomic mass is 10.0. The van der Waals surface area contributed by atoms with Gasteiger partial charge in [0.25, 0.3) is 0 Å². The van der Waals surface area contributed by atoms with Crippen LogP contribution >= 0.6 is 11.6 Å². The predicted octanol–water partition coefficient (Wildman–Crippen LogP) is 4.53. The van der Waals surface area contributed by atoms with Gasteiger partial charge in [-0.25, -0.2) is 4.39 Å². The van der Waals surface area contributed by atoms with Crippen LogP contribution in [0.1, 0.15) is 17.4 Å². The molecule has 0 aliphatic rings. The Morgan fingerprint density at radius 2 is 1.95 bits per heavy atom. The van der Waals surface area contributed by atoms with Crippen molar-refractivity contribution in [1.82, 2.24) is 5.32 Å². The number of rotatable bonds is 3. The SMILES string of the molecule is CNC(c1cc2cccc(Cl)c2o1)c1ccccc1F. The highest BCUT2D eigenvalue weighted by atomic mass is 35.5. The minimum atomic E-state index is -0.348. The average molecular weight is 290 g/mol. The minimum Gasteiger partial charge on any atom is -0.457 e. The molecule has 0 saturated carbocycles. The number of benzene rings is 2. The van der Waals surface area contributed by atoms with Gasteiger partial charge in [0, 0.05) is 10.9 Å². The maximum atomic E-state index is 13.9. The van der Waals surface area contributed by atoms with Gasteiger partial charge in [0.2, 0.25) is 0 Å². The lowest BCUT2D eigenvalue weighted by Gasteiger charge is -2.14. The summed E-state index contributed by atoms with van der Waals surface area (Å²) in [5, 5.41) is 4.54. The summed E-state index contributed by atoms with van der Waals surface area (Å²) in [7, 11) is 1.77. The van der Waals surface area contributed by atoms with E-state index in [1.54, 1.807) is 31.3 Å². The van der Waals surface area contributed by atoms with Gasteiger partial charge in [-0.1, -0.05) is 41.9 Å². The van der Waals surface area contributed by atoms with E-state index in [0.717, 1.165) is 5.39 Å². The molecule has 0 amide bonds. The van der Waals surface area contributed by atoms with E-state index in [0.29, 0.717) is 21.9 Å². The molecule has 0 bridgehead atoms. The molecule has 1 N–H and O–H groups in total. The first-order chi connectivity index (χ1) is 9.70. The first-order valence-corrected chi connectivity index (χ1v) is 6.68. The van der Waals surface area contributed by atoms with Crippen molar-refractivity contribution in [3.05, 3.63) is 70.7 Å². The van der Waals surface area contributed by atoms with Crippen molar-refractivity contribution in [2.24, 2.45) is 0 Å². The molecule has 3 aromatic rings. The second-order valence-corrected chi connectivity index (χ2v) is 4.96. The predicted molar refractivity (Wildman–Crippen MR) is 78.5 cm³/mol. The van der Waals surface area contributed by atoms with Gasteiger partial charge < -0.3 is 9.73 Å². The zero-order valence-electron chi connectivity index (χ0n) is 10.9. The standard InChI is InChI=1S/C16H13ClFNO/c1-19-15(11-6-2-3-8-13(11)18)14-9-10-5-4-7-12(17)16(10)20-14/h2-9,15,19H,1H3. The fourth-order valence-electron chi connectivity index (χ4n) is 2.35. The Labute approximate surface area is 121 Å². The van der Waals surface area contributed by atoms with Crippen LogP contribution in [0, 0.1) is 5.82 Å². The zero-order chi connectivity index (χ0) is 14.1. The molecule has 0 saturated heterocycles. The summed E-state index contributed by atoms with van der Waals surface area (Å²) in [6.07, 6.45) is 0. The number of hydrogen-bond donors (Lipinski definition) is 1. The van der Waals surface area contributed by atoms with Crippen LogP contribution in [0.2, 0.25) is 5.02 Å². The monoisotopic (exact) mass is 289 g/mol. The van der Waals surface area contributed by atoms with Crippen molar-refractivity contribution < 1.29 is 8.81 Å². The quantitative estimate of drug-likeness (QED) is 0.766. The van der Waals surface area contributed by atoms with E-state index in [9.17, 15) is 4.39 Å². The number of para-hydroxylation sites is 1. The molecule has 1 aromatic heterocycles. The molecule has 20 heavy (non-hydrogen) atoms. The number of fused-ring (bicyclic) bond motifs is 1. The number of furan rings is 1. The van der Waals surface area contributed by atoms with E-state index >= 15 is 0 Å². The Morgan fingerprint density at radius 1 is 1.15 bits per heavy atom. The van der Waals surface area contributed by atoms with Crippen LogP contribution in [0.5, 0.6) is 0 Å². The van der Waals surface area contributed by atoms with Crippen molar-refractivity contribution in [2.75, 3.05) is 7.05 Å². The van der Waals surface area contributed by atoms with E-state index in [4.69, 9.17) is 16.0 Å². The topological polar surface area (TPSA) is 25.2 Å². The number of halogens is 2. The summed E-state index contributed by atoms with van der Waals surface area (Å²) in [4.78, 5) is 0. The highest BCUT2D eigenvalue weighted by Crippen LogP contribution is 2.32. The van der Waals surface area contributed by atoms with Crippen LogP contribution in [0.25, 0.3) is 11.0 Å². The molecule has 2 aromatic carbocycles. The zero-order valence-corrected chi connectivity index (χ0v) is 11.6. The summed E-state index contributed by atoms with van der Waals surface area (Å²) >= 11 is 6.11. The molecule has 4 heteroatoms. The highest BCUT2D eigenvalue weighted by molar-refractivity contribution is 6.34. The first kappa shape index (κ1) is 13.2. The molecule has 1 heterocycles. The molecule has 0 aliphatic heterocycles. The summed E-state index contributed by atoms with van der Waals surface area (Å²) in [5.74, 6) is 0.374. The Kier molecular flexibility index (Phi) is 3.47. The molecule has 0 fully saturated rings. The van der Waals surface area contributed by atoms with E-state index in [1.807, 2.05) is 18.2 Å². The van der Waals surface area contributed by atoms with Crippen LogP contribution in [-0.4, -0.2) is 7.05 Å². The Morgan fingerprint density at radius 3 is 2.65 bits per heavy atom. The highest BCUT2D eigenvalue weighted by Gasteiger charge is 2.20. The molecule has 0 spiro atoms. The second kappa shape index (κ2) is 5.27. The maximum absolute atomic E-state index is 13.9. The van der Waals surface area contributed by atoms with Gasteiger partial charge in [-0.05, 0) is 25.2 Å². The smallest absolute Gasteiger partial charge is 0.152 e. The molecule has 0 radical (unpaired) electrons. The van der Waals surface area contributed by atoms with Crippen LogP contribution < -0.4 is 5.32 Å². The van der Waals surface area contributed by atoms with Gasteiger partial charge in [0.1, 0.15) is 11.6 Å². The molecular weight excluding hydrogens is 277 g/mol. The normalized spacial score (nSPS) is 12.8. The third kappa shape index (κ3) is 2.19. The van der Waals surface area contributed by atoms with Crippen molar-refractivity contribution in [2.45, 2.75) is 6.04 Å². The third-order valence-corrected chi connectivity index (χ3v) is 3.60. The fourth-order valence-corrected chi connectivity index (χ4v) is 2.57. The molecule has 0 aliphatic carbocycles.